The number of sulfonamides is 1. The molecule has 1 aromatic carbocycles. The van der Waals surface area contributed by atoms with Gasteiger partial charge < -0.3 is 14.2 Å². The van der Waals surface area contributed by atoms with Crippen LogP contribution in [0.25, 0.3) is 0 Å². The van der Waals surface area contributed by atoms with Gasteiger partial charge in [-0.05, 0) is 31.4 Å². The Morgan fingerprint density at radius 2 is 1.71 bits per heavy atom. The Bertz CT molecular complexity index is 622. The topological polar surface area (TPSA) is 73.9 Å². The van der Waals surface area contributed by atoms with Crippen molar-refractivity contribution in [1.82, 2.24) is 0 Å². The molecular formula is C14H21NO5S. The van der Waals surface area contributed by atoms with Crippen molar-refractivity contribution in [2.45, 2.75) is 24.5 Å². The molecule has 1 saturated carbocycles. The molecular weight excluding hydrogens is 294 g/mol. The van der Waals surface area contributed by atoms with Crippen LogP contribution in [0.5, 0.6) is 11.5 Å². The van der Waals surface area contributed by atoms with Crippen molar-refractivity contribution in [3.63, 3.8) is 0 Å². The molecule has 0 bridgehead atoms. The van der Waals surface area contributed by atoms with Gasteiger partial charge in [-0.25, -0.2) is 8.42 Å². The average Bonchev–Trinajstić information content (AvgIpc) is 3.22. The summed E-state index contributed by atoms with van der Waals surface area (Å²) in [6.45, 7) is 2.02. The minimum atomic E-state index is -3.50. The first-order valence-electron chi connectivity index (χ1n) is 6.63. The zero-order valence-corrected chi connectivity index (χ0v) is 13.5. The SMILES string of the molecule is COCC1(S(=O)(=O)Nc2cc(OC)c(OC)cc2C)CC1. The molecule has 1 fully saturated rings. The quantitative estimate of drug-likeness (QED) is 0.832. The number of methoxy groups -OCH3 is 3. The van der Waals surface area contributed by atoms with E-state index in [2.05, 4.69) is 4.72 Å². The maximum absolute atomic E-state index is 12.5. The second-order valence-electron chi connectivity index (χ2n) is 5.24. The molecule has 1 aromatic rings. The molecule has 1 aliphatic rings. The van der Waals surface area contributed by atoms with Crippen LogP contribution in [-0.2, 0) is 14.8 Å². The normalized spacial score (nSPS) is 16.4. The number of rotatable bonds is 7. The summed E-state index contributed by atoms with van der Waals surface area (Å²) in [5, 5.41) is 0. The summed E-state index contributed by atoms with van der Waals surface area (Å²) in [5.41, 5.74) is 1.26. The molecule has 0 unspecified atom stereocenters. The zero-order valence-electron chi connectivity index (χ0n) is 12.7. The van der Waals surface area contributed by atoms with Gasteiger partial charge in [0.25, 0.3) is 0 Å². The van der Waals surface area contributed by atoms with Crippen molar-refractivity contribution >= 4 is 15.7 Å². The van der Waals surface area contributed by atoms with E-state index < -0.39 is 14.8 Å². The molecule has 0 heterocycles. The van der Waals surface area contributed by atoms with Gasteiger partial charge in [0.15, 0.2) is 11.5 Å². The zero-order chi connectivity index (χ0) is 15.7. The number of anilines is 1. The third-order valence-electron chi connectivity index (χ3n) is 3.76. The standard InChI is InChI=1S/C14H21NO5S/c1-10-7-12(19-3)13(20-4)8-11(10)15-21(16,17)14(5-6-14)9-18-2/h7-8,15H,5-6,9H2,1-4H3. The van der Waals surface area contributed by atoms with Crippen molar-refractivity contribution in [3.05, 3.63) is 17.7 Å². The maximum atomic E-state index is 12.5. The van der Waals surface area contributed by atoms with Crippen LogP contribution in [0.2, 0.25) is 0 Å². The highest BCUT2D eigenvalue weighted by Gasteiger charge is 2.55. The van der Waals surface area contributed by atoms with Crippen LogP contribution in [0.3, 0.4) is 0 Å². The second kappa shape index (κ2) is 5.73. The molecule has 0 spiro atoms. The van der Waals surface area contributed by atoms with Gasteiger partial charge in [-0.3, -0.25) is 4.72 Å². The predicted octanol–water partition coefficient (Wildman–Crippen LogP) is 1.93. The first-order valence-corrected chi connectivity index (χ1v) is 8.11. The van der Waals surface area contributed by atoms with E-state index in [4.69, 9.17) is 14.2 Å². The van der Waals surface area contributed by atoms with Crippen molar-refractivity contribution in [2.24, 2.45) is 0 Å². The van der Waals surface area contributed by atoms with Gasteiger partial charge in [0.2, 0.25) is 10.0 Å². The van der Waals surface area contributed by atoms with Crippen molar-refractivity contribution in [1.29, 1.82) is 0 Å². The molecule has 7 heteroatoms. The monoisotopic (exact) mass is 315 g/mol. The molecule has 6 nitrogen and oxygen atoms in total. The maximum Gasteiger partial charge on any atom is 0.240 e. The molecule has 0 radical (unpaired) electrons. The number of nitrogens with one attached hydrogen (secondary N) is 1. The molecule has 118 valence electrons. The Labute approximate surface area is 125 Å². The van der Waals surface area contributed by atoms with Crippen LogP contribution in [0.1, 0.15) is 18.4 Å². The number of benzene rings is 1. The Kier molecular flexibility index (Phi) is 4.34. The third kappa shape index (κ3) is 2.94. The van der Waals surface area contributed by atoms with Crippen LogP contribution in [0.4, 0.5) is 5.69 Å². The summed E-state index contributed by atoms with van der Waals surface area (Å²) < 4.78 is 42.3. The van der Waals surface area contributed by atoms with E-state index in [1.54, 1.807) is 19.2 Å². The van der Waals surface area contributed by atoms with Crippen LogP contribution in [0, 0.1) is 6.92 Å². The smallest absolute Gasteiger partial charge is 0.240 e. The first-order chi connectivity index (χ1) is 9.89. The summed E-state index contributed by atoms with van der Waals surface area (Å²) in [6.07, 6.45) is 1.23. The molecule has 0 aromatic heterocycles. The van der Waals surface area contributed by atoms with Crippen molar-refractivity contribution in [3.8, 4) is 11.5 Å². The van der Waals surface area contributed by atoms with E-state index in [9.17, 15) is 8.42 Å². The van der Waals surface area contributed by atoms with Gasteiger partial charge in [0.05, 0.1) is 26.5 Å². The van der Waals surface area contributed by atoms with E-state index in [0.717, 1.165) is 5.56 Å². The fraction of sp³-hybridized carbons (Fsp3) is 0.571. The van der Waals surface area contributed by atoms with Crippen LogP contribution >= 0.6 is 0 Å². The Hall–Kier alpha value is -1.47. The number of aryl methyl sites for hydroxylation is 1. The lowest BCUT2D eigenvalue weighted by Gasteiger charge is -2.19. The first kappa shape index (κ1) is 15.9. The lowest BCUT2D eigenvalue weighted by molar-refractivity contribution is 0.192. The molecule has 2 rings (SSSR count). The molecule has 0 saturated heterocycles. The van der Waals surface area contributed by atoms with Gasteiger partial charge in [-0.1, -0.05) is 0 Å². The van der Waals surface area contributed by atoms with Crippen molar-refractivity contribution < 1.29 is 22.6 Å². The number of hydrogen-bond donors (Lipinski definition) is 1. The van der Waals surface area contributed by atoms with Gasteiger partial charge in [-0.15, -0.1) is 0 Å². The van der Waals surface area contributed by atoms with Crippen LogP contribution < -0.4 is 14.2 Å². The molecule has 1 N–H and O–H groups in total. The fourth-order valence-electron chi connectivity index (χ4n) is 2.24. The van der Waals surface area contributed by atoms with E-state index >= 15 is 0 Å². The Morgan fingerprint density at radius 3 is 2.19 bits per heavy atom. The van der Waals surface area contributed by atoms with Gasteiger partial charge in [0, 0.05) is 13.2 Å². The highest BCUT2D eigenvalue weighted by molar-refractivity contribution is 7.94. The second-order valence-corrected chi connectivity index (χ2v) is 7.32. The van der Waals surface area contributed by atoms with Crippen LogP contribution in [-0.4, -0.2) is 41.1 Å². The Balaban J connectivity index is 2.31. The van der Waals surface area contributed by atoms with Crippen molar-refractivity contribution in [2.75, 3.05) is 32.7 Å². The summed E-state index contributed by atoms with van der Waals surface area (Å²) in [5.74, 6) is 1.05. The lowest BCUT2D eigenvalue weighted by atomic mass is 10.2. The van der Waals surface area contributed by atoms with Gasteiger partial charge in [0.1, 0.15) is 4.75 Å². The van der Waals surface area contributed by atoms with E-state index in [1.807, 2.05) is 6.92 Å². The fourth-order valence-corrected chi connectivity index (χ4v) is 3.88. The highest BCUT2D eigenvalue weighted by atomic mass is 32.2. The predicted molar refractivity (Wildman–Crippen MR) is 80.7 cm³/mol. The summed E-state index contributed by atoms with van der Waals surface area (Å²) >= 11 is 0. The molecule has 0 atom stereocenters. The van der Waals surface area contributed by atoms with E-state index in [-0.39, 0.29) is 6.61 Å². The van der Waals surface area contributed by atoms with E-state index in [1.165, 1.54) is 14.2 Å². The molecule has 0 aliphatic heterocycles. The average molecular weight is 315 g/mol. The van der Waals surface area contributed by atoms with Gasteiger partial charge >= 0.3 is 0 Å². The minimum Gasteiger partial charge on any atom is -0.493 e. The number of hydrogen-bond acceptors (Lipinski definition) is 5. The van der Waals surface area contributed by atoms with Gasteiger partial charge in [-0.2, -0.15) is 0 Å². The minimum absolute atomic E-state index is 0.203. The number of ether oxygens (including phenoxy) is 3. The van der Waals surface area contributed by atoms with Crippen LogP contribution in [0.15, 0.2) is 12.1 Å². The molecule has 1 aliphatic carbocycles. The Morgan fingerprint density at radius 1 is 1.14 bits per heavy atom. The highest BCUT2D eigenvalue weighted by Crippen LogP contribution is 2.45. The lowest BCUT2D eigenvalue weighted by Crippen LogP contribution is -2.33. The summed E-state index contributed by atoms with van der Waals surface area (Å²) in [6, 6.07) is 3.38. The van der Waals surface area contributed by atoms with E-state index in [0.29, 0.717) is 30.0 Å². The third-order valence-corrected chi connectivity index (χ3v) is 5.91. The molecule has 0 amide bonds. The molecule has 21 heavy (non-hydrogen) atoms. The summed E-state index contributed by atoms with van der Waals surface area (Å²) in [4.78, 5) is 0. The largest absolute Gasteiger partial charge is 0.493 e. The summed E-state index contributed by atoms with van der Waals surface area (Å²) in [7, 11) is 1.06.